The predicted octanol–water partition coefficient (Wildman–Crippen LogP) is 1.80. The highest BCUT2D eigenvalue weighted by Gasteiger charge is 2.37. The first-order valence-corrected chi connectivity index (χ1v) is 9.34. The number of nitrogens with zero attached hydrogens (tertiary/aromatic N) is 2. The number of likely N-dealkylation sites (tertiary alicyclic amines) is 1. The van der Waals surface area contributed by atoms with E-state index in [-0.39, 0.29) is 18.2 Å². The molecule has 3 fully saturated rings. The minimum absolute atomic E-state index is 0.00901. The summed E-state index contributed by atoms with van der Waals surface area (Å²) in [5.41, 5.74) is -0.645. The summed E-state index contributed by atoms with van der Waals surface area (Å²) >= 11 is 0. The molecule has 1 amide bonds. The van der Waals surface area contributed by atoms with Crippen molar-refractivity contribution in [1.82, 2.24) is 10.2 Å². The first-order valence-electron chi connectivity index (χ1n) is 9.34. The van der Waals surface area contributed by atoms with E-state index >= 15 is 0 Å². The van der Waals surface area contributed by atoms with Crippen molar-refractivity contribution < 1.29 is 14.3 Å². The van der Waals surface area contributed by atoms with Gasteiger partial charge in [-0.1, -0.05) is 19.3 Å². The summed E-state index contributed by atoms with van der Waals surface area (Å²) in [4.78, 5) is 14.9. The molecule has 0 aromatic rings. The molecule has 1 unspecified atom stereocenters. The lowest BCUT2D eigenvalue weighted by Gasteiger charge is -2.38. The van der Waals surface area contributed by atoms with E-state index in [4.69, 9.17) is 9.47 Å². The highest BCUT2D eigenvalue weighted by molar-refractivity contribution is 5.82. The summed E-state index contributed by atoms with van der Waals surface area (Å²) in [6, 6.07) is 2.18. The van der Waals surface area contributed by atoms with E-state index in [1.165, 1.54) is 0 Å². The standard InChI is InChI=1S/C18H29N3O3/c1-14(16(22)20-18(13-19)7-3-2-4-8-18)21-9-5-15(6-10-21)17-23-11-12-24-17/h14-15,17H,2-12H2,1H3,(H,20,22). The Bertz CT molecular complexity index is 470. The molecule has 1 saturated carbocycles. The molecule has 24 heavy (non-hydrogen) atoms. The number of piperidine rings is 1. The lowest BCUT2D eigenvalue weighted by Crippen LogP contribution is -2.56. The van der Waals surface area contributed by atoms with Crippen molar-refractivity contribution in [2.45, 2.75) is 69.7 Å². The zero-order valence-electron chi connectivity index (χ0n) is 14.6. The minimum Gasteiger partial charge on any atom is -0.350 e. The molecule has 0 aromatic heterocycles. The van der Waals surface area contributed by atoms with Gasteiger partial charge in [-0.25, -0.2) is 0 Å². The SMILES string of the molecule is CC(C(=O)NC1(C#N)CCCCC1)N1CCC(C2OCCO2)CC1. The first kappa shape index (κ1) is 17.7. The van der Waals surface area contributed by atoms with E-state index in [0.717, 1.165) is 58.0 Å². The molecule has 0 radical (unpaired) electrons. The maximum absolute atomic E-state index is 12.7. The monoisotopic (exact) mass is 335 g/mol. The van der Waals surface area contributed by atoms with Gasteiger partial charge in [0.1, 0.15) is 5.54 Å². The molecular weight excluding hydrogens is 306 g/mol. The fourth-order valence-corrected chi connectivity index (χ4v) is 4.15. The van der Waals surface area contributed by atoms with E-state index in [1.54, 1.807) is 0 Å². The fraction of sp³-hybridized carbons (Fsp3) is 0.889. The van der Waals surface area contributed by atoms with Gasteiger partial charge in [0.25, 0.3) is 0 Å². The van der Waals surface area contributed by atoms with Crippen LogP contribution >= 0.6 is 0 Å². The Labute approximate surface area is 144 Å². The van der Waals surface area contributed by atoms with E-state index in [9.17, 15) is 10.1 Å². The van der Waals surface area contributed by atoms with Crippen LogP contribution in [0.3, 0.4) is 0 Å². The molecule has 134 valence electrons. The van der Waals surface area contributed by atoms with E-state index < -0.39 is 5.54 Å². The van der Waals surface area contributed by atoms with E-state index in [0.29, 0.717) is 19.1 Å². The number of hydrogen-bond acceptors (Lipinski definition) is 5. The van der Waals surface area contributed by atoms with Crippen LogP contribution in [0.1, 0.15) is 51.9 Å². The highest BCUT2D eigenvalue weighted by atomic mass is 16.7. The second kappa shape index (κ2) is 7.81. The molecule has 0 spiro atoms. The molecule has 2 saturated heterocycles. The molecule has 1 aliphatic carbocycles. The third-order valence-corrected chi connectivity index (χ3v) is 5.82. The largest absolute Gasteiger partial charge is 0.350 e. The maximum Gasteiger partial charge on any atom is 0.238 e. The number of carbonyl (C=O) groups excluding carboxylic acids is 1. The van der Waals surface area contributed by atoms with Gasteiger partial charge in [0.05, 0.1) is 25.3 Å². The van der Waals surface area contributed by atoms with Gasteiger partial charge >= 0.3 is 0 Å². The summed E-state index contributed by atoms with van der Waals surface area (Å²) in [5.74, 6) is 0.424. The van der Waals surface area contributed by atoms with Gasteiger partial charge in [0, 0.05) is 5.92 Å². The van der Waals surface area contributed by atoms with Crippen molar-refractivity contribution in [2.24, 2.45) is 5.92 Å². The summed E-state index contributed by atoms with van der Waals surface area (Å²) in [6.07, 6.45) is 6.69. The number of amides is 1. The first-order chi connectivity index (χ1) is 11.6. The zero-order chi connectivity index (χ0) is 17.0. The van der Waals surface area contributed by atoms with Crippen molar-refractivity contribution in [3.05, 3.63) is 0 Å². The van der Waals surface area contributed by atoms with Crippen molar-refractivity contribution >= 4 is 5.91 Å². The van der Waals surface area contributed by atoms with Gasteiger partial charge < -0.3 is 14.8 Å². The van der Waals surface area contributed by atoms with Gasteiger partial charge in [0.2, 0.25) is 5.91 Å². The quantitative estimate of drug-likeness (QED) is 0.848. The molecule has 3 aliphatic rings. The Balaban J connectivity index is 1.50. The average Bonchev–Trinajstić information content (AvgIpc) is 3.16. The molecule has 2 heterocycles. The third-order valence-electron chi connectivity index (χ3n) is 5.82. The number of hydrogen-bond donors (Lipinski definition) is 1. The van der Waals surface area contributed by atoms with Crippen LogP contribution in [0.2, 0.25) is 0 Å². The molecule has 6 heteroatoms. The molecule has 1 atom stereocenters. The molecule has 1 N–H and O–H groups in total. The Morgan fingerprint density at radius 2 is 1.83 bits per heavy atom. The van der Waals surface area contributed by atoms with Gasteiger partial charge in [0.15, 0.2) is 6.29 Å². The number of nitrogens with one attached hydrogen (secondary N) is 1. The normalized spacial score (nSPS) is 27.5. The minimum atomic E-state index is -0.645. The van der Waals surface area contributed by atoms with Crippen LogP contribution < -0.4 is 5.32 Å². The van der Waals surface area contributed by atoms with Crippen LogP contribution in [-0.4, -0.2) is 55.0 Å². The third kappa shape index (κ3) is 3.90. The van der Waals surface area contributed by atoms with Crippen LogP contribution in [-0.2, 0) is 14.3 Å². The number of nitriles is 1. The van der Waals surface area contributed by atoms with Crippen LogP contribution in [0.5, 0.6) is 0 Å². The molecule has 3 rings (SSSR count). The maximum atomic E-state index is 12.7. The van der Waals surface area contributed by atoms with E-state index in [1.807, 2.05) is 6.92 Å². The smallest absolute Gasteiger partial charge is 0.238 e. The summed E-state index contributed by atoms with van der Waals surface area (Å²) in [5, 5.41) is 12.6. The number of ether oxygens (including phenoxy) is 2. The van der Waals surface area contributed by atoms with Crippen molar-refractivity contribution in [1.29, 1.82) is 5.26 Å². The van der Waals surface area contributed by atoms with Crippen LogP contribution in [0.4, 0.5) is 0 Å². The van der Waals surface area contributed by atoms with Crippen molar-refractivity contribution in [3.63, 3.8) is 0 Å². The summed E-state index contributed by atoms with van der Waals surface area (Å²) < 4.78 is 11.2. The molecular formula is C18H29N3O3. The van der Waals surface area contributed by atoms with Gasteiger partial charge in [-0.15, -0.1) is 0 Å². The Morgan fingerprint density at radius 1 is 1.21 bits per heavy atom. The molecule has 6 nitrogen and oxygen atoms in total. The molecule has 0 aromatic carbocycles. The Kier molecular flexibility index (Phi) is 5.75. The van der Waals surface area contributed by atoms with Gasteiger partial charge in [-0.3, -0.25) is 9.69 Å². The van der Waals surface area contributed by atoms with Crippen molar-refractivity contribution in [3.8, 4) is 6.07 Å². The second-order valence-electron chi connectivity index (χ2n) is 7.40. The van der Waals surface area contributed by atoms with Crippen LogP contribution in [0.15, 0.2) is 0 Å². The van der Waals surface area contributed by atoms with E-state index in [2.05, 4.69) is 16.3 Å². The van der Waals surface area contributed by atoms with Gasteiger partial charge in [-0.2, -0.15) is 5.26 Å². The Morgan fingerprint density at radius 3 is 2.42 bits per heavy atom. The van der Waals surface area contributed by atoms with Gasteiger partial charge in [-0.05, 0) is 45.7 Å². The van der Waals surface area contributed by atoms with Crippen LogP contribution in [0.25, 0.3) is 0 Å². The van der Waals surface area contributed by atoms with Crippen LogP contribution in [0, 0.1) is 17.2 Å². The number of rotatable bonds is 4. The lowest BCUT2D eigenvalue weighted by atomic mass is 9.82. The lowest BCUT2D eigenvalue weighted by molar-refractivity contribution is -0.130. The number of carbonyl (C=O) groups is 1. The van der Waals surface area contributed by atoms with Crippen molar-refractivity contribution in [2.75, 3.05) is 26.3 Å². The molecule has 2 aliphatic heterocycles. The average molecular weight is 335 g/mol. The predicted molar refractivity (Wildman–Crippen MR) is 89.0 cm³/mol. The highest BCUT2D eigenvalue weighted by Crippen LogP contribution is 2.29. The second-order valence-corrected chi connectivity index (χ2v) is 7.40. The zero-order valence-corrected chi connectivity index (χ0v) is 14.6. The molecule has 0 bridgehead atoms. The summed E-state index contributed by atoms with van der Waals surface area (Å²) in [6.45, 7) is 5.09. The topological polar surface area (TPSA) is 74.6 Å². The summed E-state index contributed by atoms with van der Waals surface area (Å²) in [7, 11) is 0. The fourth-order valence-electron chi connectivity index (χ4n) is 4.15. The Hall–Kier alpha value is -1.16.